The molecule has 0 atom stereocenters. The number of rotatable bonds is 6. The zero-order valence-electron chi connectivity index (χ0n) is 15.9. The van der Waals surface area contributed by atoms with Crippen molar-refractivity contribution in [3.8, 4) is 0 Å². The first-order valence-corrected chi connectivity index (χ1v) is 9.97. The molecule has 2 heteroatoms. The van der Waals surface area contributed by atoms with Gasteiger partial charge in [0.1, 0.15) is 0 Å². The van der Waals surface area contributed by atoms with Crippen molar-refractivity contribution in [2.24, 2.45) is 0 Å². The van der Waals surface area contributed by atoms with Crippen LogP contribution in [0.5, 0.6) is 0 Å². The van der Waals surface area contributed by atoms with Gasteiger partial charge in [-0.05, 0) is 16.7 Å². The third kappa shape index (κ3) is 4.85. The van der Waals surface area contributed by atoms with E-state index < -0.39 is 0 Å². The smallest absolute Gasteiger partial charge is 0.0234 e. The van der Waals surface area contributed by atoms with Crippen LogP contribution in [0, 0.1) is 0 Å². The molecular formula is C25H28N2. The highest BCUT2D eigenvalue weighted by Gasteiger charge is 2.22. The van der Waals surface area contributed by atoms with Gasteiger partial charge in [0.05, 0.1) is 0 Å². The molecule has 27 heavy (non-hydrogen) atoms. The fourth-order valence-electron chi connectivity index (χ4n) is 4.00. The Morgan fingerprint density at radius 3 is 1.52 bits per heavy atom. The van der Waals surface area contributed by atoms with Crippen LogP contribution in [0.25, 0.3) is 0 Å². The van der Waals surface area contributed by atoms with E-state index in [1.165, 1.54) is 16.7 Å². The van der Waals surface area contributed by atoms with E-state index in [1.807, 2.05) is 0 Å². The van der Waals surface area contributed by atoms with Crippen LogP contribution in [0.3, 0.4) is 0 Å². The van der Waals surface area contributed by atoms with Gasteiger partial charge in [-0.3, -0.25) is 9.80 Å². The Morgan fingerprint density at radius 1 is 0.556 bits per heavy atom. The molecule has 3 aromatic rings. The topological polar surface area (TPSA) is 6.48 Å². The summed E-state index contributed by atoms with van der Waals surface area (Å²) in [6.07, 6.45) is 0. The van der Waals surface area contributed by atoms with E-state index in [-0.39, 0.29) is 0 Å². The molecular weight excluding hydrogens is 328 g/mol. The molecule has 1 saturated heterocycles. The minimum Gasteiger partial charge on any atom is -0.300 e. The summed E-state index contributed by atoms with van der Waals surface area (Å²) in [7, 11) is 0. The van der Waals surface area contributed by atoms with Crippen molar-refractivity contribution >= 4 is 0 Å². The molecule has 0 aliphatic carbocycles. The van der Waals surface area contributed by atoms with Crippen LogP contribution in [0.2, 0.25) is 0 Å². The van der Waals surface area contributed by atoms with Crippen molar-refractivity contribution in [3.63, 3.8) is 0 Å². The molecule has 0 saturated carbocycles. The van der Waals surface area contributed by atoms with Gasteiger partial charge in [0, 0.05) is 45.2 Å². The molecule has 3 aromatic carbocycles. The average Bonchev–Trinajstić information content (AvgIpc) is 2.75. The molecule has 1 heterocycles. The van der Waals surface area contributed by atoms with Crippen molar-refractivity contribution in [2.75, 3.05) is 32.7 Å². The molecule has 0 bridgehead atoms. The molecule has 0 N–H and O–H groups in total. The molecule has 1 aliphatic rings. The maximum Gasteiger partial charge on any atom is 0.0234 e. The first-order valence-electron chi connectivity index (χ1n) is 9.97. The summed E-state index contributed by atoms with van der Waals surface area (Å²) >= 11 is 0. The van der Waals surface area contributed by atoms with Crippen molar-refractivity contribution in [2.45, 2.75) is 12.5 Å². The Kier molecular flexibility index (Phi) is 5.98. The summed E-state index contributed by atoms with van der Waals surface area (Å²) in [6.45, 7) is 6.73. The third-order valence-electron chi connectivity index (χ3n) is 5.56. The highest BCUT2D eigenvalue weighted by atomic mass is 15.3. The van der Waals surface area contributed by atoms with Crippen LogP contribution in [-0.4, -0.2) is 42.5 Å². The first kappa shape index (κ1) is 18.0. The lowest BCUT2D eigenvalue weighted by molar-refractivity contribution is 0.124. The van der Waals surface area contributed by atoms with Crippen LogP contribution >= 0.6 is 0 Å². The summed E-state index contributed by atoms with van der Waals surface area (Å²) in [5.41, 5.74) is 4.24. The summed E-state index contributed by atoms with van der Waals surface area (Å²) in [5, 5.41) is 0. The number of hydrogen-bond acceptors (Lipinski definition) is 2. The van der Waals surface area contributed by atoms with Gasteiger partial charge in [-0.2, -0.15) is 0 Å². The highest BCUT2D eigenvalue weighted by Crippen LogP contribution is 2.26. The van der Waals surface area contributed by atoms with Crippen LogP contribution in [0.4, 0.5) is 0 Å². The second-order valence-electron chi connectivity index (χ2n) is 7.44. The monoisotopic (exact) mass is 356 g/mol. The van der Waals surface area contributed by atoms with Gasteiger partial charge in [0.15, 0.2) is 0 Å². The molecule has 0 unspecified atom stereocenters. The van der Waals surface area contributed by atoms with Gasteiger partial charge in [0.25, 0.3) is 0 Å². The molecule has 1 aliphatic heterocycles. The highest BCUT2D eigenvalue weighted by molar-refractivity contribution is 5.32. The lowest BCUT2D eigenvalue weighted by atomic mass is 9.90. The Labute approximate surface area is 163 Å². The predicted molar refractivity (Wildman–Crippen MR) is 113 cm³/mol. The van der Waals surface area contributed by atoms with E-state index >= 15 is 0 Å². The van der Waals surface area contributed by atoms with E-state index in [1.54, 1.807) is 0 Å². The second kappa shape index (κ2) is 8.98. The lowest BCUT2D eigenvalue weighted by Crippen LogP contribution is -2.47. The zero-order chi connectivity index (χ0) is 18.3. The van der Waals surface area contributed by atoms with Crippen LogP contribution in [0.15, 0.2) is 91.0 Å². The maximum absolute atomic E-state index is 2.63. The molecule has 138 valence electrons. The minimum atomic E-state index is 0.438. The van der Waals surface area contributed by atoms with E-state index in [2.05, 4.69) is 101 Å². The Balaban J connectivity index is 1.40. The van der Waals surface area contributed by atoms with Crippen LogP contribution in [0.1, 0.15) is 22.6 Å². The molecule has 1 fully saturated rings. The predicted octanol–water partition coefficient (Wildman–Crippen LogP) is 4.64. The molecule has 2 nitrogen and oxygen atoms in total. The average molecular weight is 357 g/mol. The van der Waals surface area contributed by atoms with Gasteiger partial charge < -0.3 is 0 Å². The maximum atomic E-state index is 2.63. The summed E-state index contributed by atoms with van der Waals surface area (Å²) in [6, 6.07) is 32.7. The van der Waals surface area contributed by atoms with Gasteiger partial charge >= 0.3 is 0 Å². The normalized spacial score (nSPS) is 15.9. The molecule has 0 spiro atoms. The van der Waals surface area contributed by atoms with Gasteiger partial charge in [-0.1, -0.05) is 91.0 Å². The molecule has 0 amide bonds. The number of hydrogen-bond donors (Lipinski definition) is 0. The minimum absolute atomic E-state index is 0.438. The number of piperazine rings is 1. The second-order valence-corrected chi connectivity index (χ2v) is 7.44. The van der Waals surface area contributed by atoms with Crippen LogP contribution < -0.4 is 0 Å². The quantitative estimate of drug-likeness (QED) is 0.635. The summed E-state index contributed by atoms with van der Waals surface area (Å²) in [5.74, 6) is 0.438. The van der Waals surface area contributed by atoms with E-state index in [0.29, 0.717) is 5.92 Å². The van der Waals surface area contributed by atoms with Gasteiger partial charge in [0.2, 0.25) is 0 Å². The van der Waals surface area contributed by atoms with E-state index in [0.717, 1.165) is 39.3 Å². The lowest BCUT2D eigenvalue weighted by Gasteiger charge is -2.36. The van der Waals surface area contributed by atoms with Crippen molar-refractivity contribution in [3.05, 3.63) is 108 Å². The molecule has 0 aromatic heterocycles. The Hall–Kier alpha value is -2.42. The number of benzene rings is 3. The standard InChI is InChI=1S/C25H28N2/c1-4-10-22(11-5-1)20-26-16-18-27(19-17-26)21-25(23-12-6-2-7-13-23)24-14-8-3-9-15-24/h1-15,25H,16-21H2. The first-order chi connectivity index (χ1) is 13.4. The fraction of sp³-hybridized carbons (Fsp3) is 0.280. The SMILES string of the molecule is c1ccc(CN2CCN(CC(c3ccccc3)c3ccccc3)CC2)cc1. The van der Waals surface area contributed by atoms with Crippen molar-refractivity contribution in [1.29, 1.82) is 0 Å². The zero-order valence-corrected chi connectivity index (χ0v) is 15.9. The largest absolute Gasteiger partial charge is 0.300 e. The third-order valence-corrected chi connectivity index (χ3v) is 5.56. The van der Waals surface area contributed by atoms with Crippen molar-refractivity contribution in [1.82, 2.24) is 9.80 Å². The van der Waals surface area contributed by atoms with E-state index in [4.69, 9.17) is 0 Å². The van der Waals surface area contributed by atoms with Crippen molar-refractivity contribution < 1.29 is 0 Å². The molecule has 4 rings (SSSR count). The number of nitrogens with zero attached hydrogens (tertiary/aromatic N) is 2. The van der Waals surface area contributed by atoms with E-state index in [9.17, 15) is 0 Å². The van der Waals surface area contributed by atoms with Gasteiger partial charge in [-0.15, -0.1) is 0 Å². The van der Waals surface area contributed by atoms with Crippen LogP contribution in [-0.2, 0) is 6.54 Å². The fourth-order valence-corrected chi connectivity index (χ4v) is 4.00. The molecule has 0 radical (unpaired) electrons. The Morgan fingerprint density at radius 2 is 1.00 bits per heavy atom. The Bertz CT molecular complexity index is 754. The van der Waals surface area contributed by atoms with Gasteiger partial charge in [-0.25, -0.2) is 0 Å². The summed E-state index contributed by atoms with van der Waals surface area (Å²) < 4.78 is 0. The summed E-state index contributed by atoms with van der Waals surface area (Å²) in [4.78, 5) is 5.21.